The molecule has 0 fully saturated rings. The molecule has 0 bridgehead atoms. The molecule has 0 N–H and O–H groups in total. The molecule has 1 amide bonds. The van der Waals surface area contributed by atoms with Crippen LogP contribution in [0.1, 0.15) is 11.1 Å². The van der Waals surface area contributed by atoms with Crippen molar-refractivity contribution < 1.29 is 4.79 Å². The lowest BCUT2D eigenvalue weighted by molar-refractivity contribution is -0.130. The molecule has 1 aromatic carbocycles. The van der Waals surface area contributed by atoms with E-state index in [9.17, 15) is 4.79 Å². The number of carbonyl (C=O) groups excluding carboxylic acids is 1. The maximum atomic E-state index is 11.5. The highest BCUT2D eigenvalue weighted by atomic mass is 16.2. The Labute approximate surface area is 86.9 Å². The first kappa shape index (κ1) is 9.55. The number of carbonyl (C=O) groups is 1. The van der Waals surface area contributed by atoms with Crippen molar-refractivity contribution in [2.45, 2.75) is 13.1 Å². The van der Waals surface area contributed by atoms with Crippen molar-refractivity contribution in [3.8, 4) is 0 Å². The summed E-state index contributed by atoms with van der Waals surface area (Å²) in [6, 6.07) is 7.94. The number of rotatable bonds is 2. The molecule has 0 saturated carbocycles. The first-order chi connectivity index (χ1) is 7.31. The van der Waals surface area contributed by atoms with Gasteiger partial charge in [0.15, 0.2) is 0 Å². The molecule has 0 aromatic heterocycles. The molecule has 5 heteroatoms. The minimum Gasteiger partial charge on any atom is -0.334 e. The standard InChI is InChI=1S/C10H10N4O/c11-13-12-5-10(15)14-6-8-3-1-2-4-9(8)7-14/h1-4H,5-7H2. The number of amides is 1. The minimum atomic E-state index is -0.121. The highest BCUT2D eigenvalue weighted by Crippen LogP contribution is 2.21. The van der Waals surface area contributed by atoms with E-state index in [0.29, 0.717) is 13.1 Å². The Balaban J connectivity index is 2.07. The predicted molar refractivity (Wildman–Crippen MR) is 54.7 cm³/mol. The van der Waals surface area contributed by atoms with Crippen LogP contribution in [0.5, 0.6) is 0 Å². The minimum absolute atomic E-state index is 0.0928. The van der Waals surface area contributed by atoms with Crippen LogP contribution in [-0.4, -0.2) is 17.4 Å². The molecule has 0 radical (unpaired) electrons. The average Bonchev–Trinajstić information content (AvgIpc) is 2.69. The molecule has 0 atom stereocenters. The van der Waals surface area contributed by atoms with Crippen molar-refractivity contribution in [3.05, 3.63) is 45.8 Å². The van der Waals surface area contributed by atoms with E-state index in [1.807, 2.05) is 24.3 Å². The number of azide groups is 1. The van der Waals surface area contributed by atoms with E-state index < -0.39 is 0 Å². The van der Waals surface area contributed by atoms with Gasteiger partial charge >= 0.3 is 0 Å². The summed E-state index contributed by atoms with van der Waals surface area (Å²) in [7, 11) is 0. The summed E-state index contributed by atoms with van der Waals surface area (Å²) in [5, 5.41) is 3.27. The van der Waals surface area contributed by atoms with Gasteiger partial charge in [0.25, 0.3) is 0 Å². The Morgan fingerprint density at radius 3 is 2.53 bits per heavy atom. The molecule has 1 aromatic rings. The maximum absolute atomic E-state index is 11.5. The van der Waals surface area contributed by atoms with Gasteiger partial charge in [-0.05, 0) is 16.7 Å². The second kappa shape index (κ2) is 4.02. The van der Waals surface area contributed by atoms with Gasteiger partial charge in [-0.3, -0.25) is 4.79 Å². The molecule has 76 valence electrons. The second-order valence-electron chi connectivity index (χ2n) is 3.41. The summed E-state index contributed by atoms with van der Waals surface area (Å²) >= 11 is 0. The van der Waals surface area contributed by atoms with Gasteiger partial charge < -0.3 is 4.90 Å². The van der Waals surface area contributed by atoms with E-state index in [1.165, 1.54) is 11.1 Å². The van der Waals surface area contributed by atoms with Crippen LogP contribution in [0, 0.1) is 0 Å². The smallest absolute Gasteiger partial charge is 0.229 e. The third kappa shape index (κ3) is 1.92. The van der Waals surface area contributed by atoms with Crippen molar-refractivity contribution in [1.82, 2.24) is 4.90 Å². The van der Waals surface area contributed by atoms with Gasteiger partial charge in [0.2, 0.25) is 5.91 Å². The number of hydrogen-bond acceptors (Lipinski definition) is 2. The van der Waals surface area contributed by atoms with Gasteiger partial charge in [-0.15, -0.1) is 0 Å². The zero-order chi connectivity index (χ0) is 10.7. The molecule has 1 aliphatic rings. The number of fused-ring (bicyclic) bond motifs is 1. The van der Waals surface area contributed by atoms with Gasteiger partial charge in [-0.25, -0.2) is 0 Å². The number of benzene rings is 1. The van der Waals surface area contributed by atoms with Crippen LogP contribution >= 0.6 is 0 Å². The Kier molecular flexibility index (Phi) is 2.56. The number of nitrogens with zero attached hydrogens (tertiary/aromatic N) is 4. The molecule has 0 aliphatic carbocycles. The molecular weight excluding hydrogens is 192 g/mol. The molecule has 0 spiro atoms. The first-order valence-electron chi connectivity index (χ1n) is 4.66. The molecule has 0 unspecified atom stereocenters. The van der Waals surface area contributed by atoms with Gasteiger partial charge in [-0.2, -0.15) is 0 Å². The summed E-state index contributed by atoms with van der Waals surface area (Å²) in [5.41, 5.74) is 10.5. The van der Waals surface area contributed by atoms with Gasteiger partial charge in [0.05, 0.1) is 0 Å². The quantitative estimate of drug-likeness (QED) is 0.410. The maximum Gasteiger partial charge on any atom is 0.229 e. The zero-order valence-electron chi connectivity index (χ0n) is 8.13. The van der Waals surface area contributed by atoms with Crippen LogP contribution in [0.15, 0.2) is 29.4 Å². The fourth-order valence-electron chi connectivity index (χ4n) is 1.70. The molecule has 1 heterocycles. The van der Waals surface area contributed by atoms with E-state index in [4.69, 9.17) is 5.53 Å². The predicted octanol–water partition coefficient (Wildman–Crippen LogP) is 1.84. The largest absolute Gasteiger partial charge is 0.334 e. The van der Waals surface area contributed by atoms with Crippen LogP contribution in [0.2, 0.25) is 0 Å². The highest BCUT2D eigenvalue weighted by molar-refractivity contribution is 5.79. The van der Waals surface area contributed by atoms with Crippen molar-refractivity contribution in [3.63, 3.8) is 0 Å². The monoisotopic (exact) mass is 202 g/mol. The third-order valence-electron chi connectivity index (χ3n) is 2.46. The van der Waals surface area contributed by atoms with E-state index in [1.54, 1.807) is 4.90 Å². The normalized spacial score (nSPS) is 13.2. The Bertz CT molecular complexity index is 412. The van der Waals surface area contributed by atoms with Gasteiger partial charge in [-0.1, -0.05) is 29.4 Å². The number of hydrogen-bond donors (Lipinski definition) is 0. The third-order valence-corrected chi connectivity index (χ3v) is 2.46. The fourth-order valence-corrected chi connectivity index (χ4v) is 1.70. The second-order valence-corrected chi connectivity index (χ2v) is 3.41. The Morgan fingerprint density at radius 1 is 1.40 bits per heavy atom. The molecule has 1 aliphatic heterocycles. The highest BCUT2D eigenvalue weighted by Gasteiger charge is 2.21. The van der Waals surface area contributed by atoms with E-state index in [0.717, 1.165) is 0 Å². The van der Waals surface area contributed by atoms with Crippen molar-refractivity contribution >= 4 is 5.91 Å². The molecule has 15 heavy (non-hydrogen) atoms. The van der Waals surface area contributed by atoms with Crippen LogP contribution in [0.3, 0.4) is 0 Å². The summed E-state index contributed by atoms with van der Waals surface area (Å²) in [6.45, 7) is 1.15. The summed E-state index contributed by atoms with van der Waals surface area (Å²) in [6.07, 6.45) is 0. The van der Waals surface area contributed by atoms with E-state index in [-0.39, 0.29) is 12.5 Å². The lowest BCUT2D eigenvalue weighted by Gasteiger charge is -2.13. The summed E-state index contributed by atoms with van der Waals surface area (Å²) < 4.78 is 0. The van der Waals surface area contributed by atoms with Crippen LogP contribution < -0.4 is 0 Å². The summed E-state index contributed by atoms with van der Waals surface area (Å²) in [4.78, 5) is 15.8. The Morgan fingerprint density at radius 2 is 2.00 bits per heavy atom. The van der Waals surface area contributed by atoms with E-state index in [2.05, 4.69) is 10.0 Å². The molecule has 5 nitrogen and oxygen atoms in total. The van der Waals surface area contributed by atoms with Gasteiger partial charge in [0, 0.05) is 18.0 Å². The molecule has 0 saturated heterocycles. The SMILES string of the molecule is [N-]=[N+]=NCC(=O)N1Cc2ccccc2C1. The summed E-state index contributed by atoms with van der Waals surface area (Å²) in [5.74, 6) is -0.121. The Hall–Kier alpha value is -2.00. The zero-order valence-corrected chi connectivity index (χ0v) is 8.13. The lowest BCUT2D eigenvalue weighted by Crippen LogP contribution is -2.27. The average molecular weight is 202 g/mol. The van der Waals surface area contributed by atoms with Gasteiger partial charge in [0.1, 0.15) is 6.54 Å². The van der Waals surface area contributed by atoms with Crippen molar-refractivity contribution in [2.75, 3.05) is 6.54 Å². The topological polar surface area (TPSA) is 69.1 Å². The van der Waals surface area contributed by atoms with Crippen LogP contribution in [0.4, 0.5) is 0 Å². The fraction of sp³-hybridized carbons (Fsp3) is 0.300. The first-order valence-corrected chi connectivity index (χ1v) is 4.66. The molecular formula is C10H10N4O. The van der Waals surface area contributed by atoms with Crippen LogP contribution in [-0.2, 0) is 17.9 Å². The lowest BCUT2D eigenvalue weighted by atomic mass is 10.1. The van der Waals surface area contributed by atoms with E-state index >= 15 is 0 Å². The van der Waals surface area contributed by atoms with Crippen molar-refractivity contribution in [1.29, 1.82) is 0 Å². The van der Waals surface area contributed by atoms with Crippen molar-refractivity contribution in [2.24, 2.45) is 5.11 Å². The molecule has 2 rings (SSSR count). The van der Waals surface area contributed by atoms with Crippen LogP contribution in [0.25, 0.3) is 10.4 Å².